The Balaban J connectivity index is 0.000000158. The van der Waals surface area contributed by atoms with E-state index in [4.69, 9.17) is 23.2 Å². The van der Waals surface area contributed by atoms with E-state index in [1.807, 2.05) is 0 Å². The van der Waals surface area contributed by atoms with E-state index >= 15 is 0 Å². The molecule has 216 valence electrons. The molecule has 4 heteroatoms. The van der Waals surface area contributed by atoms with Gasteiger partial charge in [-0.25, -0.2) is 8.78 Å². The lowest BCUT2D eigenvalue weighted by Gasteiger charge is -2.06. The minimum Gasteiger partial charge on any atom is -0.207 e. The molecular formula is C37H40Cl2F2. The highest BCUT2D eigenvalue weighted by Crippen LogP contribution is 2.56. The first-order valence-corrected chi connectivity index (χ1v) is 15.5. The van der Waals surface area contributed by atoms with E-state index in [0.29, 0.717) is 21.5 Å². The summed E-state index contributed by atoms with van der Waals surface area (Å²) in [5.41, 5.74) is 6.40. The lowest BCUT2D eigenvalue weighted by Crippen LogP contribution is -1.93. The Labute approximate surface area is 254 Å². The Morgan fingerprint density at radius 1 is 0.756 bits per heavy atom. The van der Waals surface area contributed by atoms with Gasteiger partial charge in [0.2, 0.25) is 0 Å². The number of hydrogen-bond acceptors (Lipinski definition) is 0. The van der Waals surface area contributed by atoms with Gasteiger partial charge >= 0.3 is 0 Å². The topological polar surface area (TPSA) is 0 Å². The maximum Gasteiger partial charge on any atom is 0.128 e. The molecule has 0 N–H and O–H groups in total. The smallest absolute Gasteiger partial charge is 0.128 e. The third-order valence-corrected chi connectivity index (χ3v) is 8.13. The second-order valence-corrected chi connectivity index (χ2v) is 12.5. The zero-order valence-corrected chi connectivity index (χ0v) is 25.7. The molecule has 2 unspecified atom stereocenters. The van der Waals surface area contributed by atoms with Crippen molar-refractivity contribution in [1.82, 2.24) is 0 Å². The van der Waals surface area contributed by atoms with E-state index in [1.54, 1.807) is 29.8 Å². The Morgan fingerprint density at radius 2 is 1.39 bits per heavy atom. The minimum atomic E-state index is -0.294. The molecule has 0 bridgehead atoms. The van der Waals surface area contributed by atoms with E-state index in [0.717, 1.165) is 31.1 Å². The van der Waals surface area contributed by atoms with Crippen LogP contribution in [0.1, 0.15) is 92.0 Å². The normalized spacial score (nSPS) is 17.3. The van der Waals surface area contributed by atoms with E-state index < -0.39 is 0 Å². The molecule has 2 atom stereocenters. The van der Waals surface area contributed by atoms with E-state index in [2.05, 4.69) is 69.3 Å². The fraction of sp³-hybridized carbons (Fsp3) is 0.351. The van der Waals surface area contributed by atoms with Crippen LogP contribution in [0.25, 0.3) is 0 Å². The quantitative estimate of drug-likeness (QED) is 0.200. The first-order chi connectivity index (χ1) is 19.7. The molecule has 2 aliphatic rings. The molecular weight excluding hydrogens is 553 g/mol. The van der Waals surface area contributed by atoms with Crippen LogP contribution in [0.3, 0.4) is 0 Å². The number of halogens is 4. The molecule has 0 spiro atoms. The Bertz CT molecular complexity index is 1340. The van der Waals surface area contributed by atoms with Gasteiger partial charge in [-0.1, -0.05) is 111 Å². The van der Waals surface area contributed by atoms with Gasteiger partial charge in [0.05, 0.1) is 0 Å². The van der Waals surface area contributed by atoms with Gasteiger partial charge in [-0.05, 0) is 108 Å². The fourth-order valence-corrected chi connectivity index (χ4v) is 5.72. The number of benzene rings is 4. The van der Waals surface area contributed by atoms with Crippen LogP contribution in [0.15, 0.2) is 91.0 Å². The first kappa shape index (κ1) is 31.3. The summed E-state index contributed by atoms with van der Waals surface area (Å²) in [5.74, 6) is 1.85. The summed E-state index contributed by atoms with van der Waals surface area (Å²) >= 11 is 11.5. The second kappa shape index (κ2) is 15.0. The Kier molecular flexibility index (Phi) is 11.4. The van der Waals surface area contributed by atoms with Crippen LogP contribution in [-0.4, -0.2) is 0 Å². The van der Waals surface area contributed by atoms with Crippen molar-refractivity contribution in [3.8, 4) is 0 Å². The van der Waals surface area contributed by atoms with Crippen LogP contribution in [0.2, 0.25) is 10.0 Å². The maximum absolute atomic E-state index is 13.9. The minimum absolute atomic E-state index is 0.174. The number of rotatable bonds is 7. The van der Waals surface area contributed by atoms with Gasteiger partial charge in [-0.3, -0.25) is 0 Å². The molecule has 0 radical (unpaired) electrons. The number of aryl methyl sites for hydroxylation is 1. The molecule has 0 amide bonds. The summed E-state index contributed by atoms with van der Waals surface area (Å²) in [6.45, 7) is 6.73. The summed E-state index contributed by atoms with van der Waals surface area (Å²) in [6, 6.07) is 28.7. The molecule has 4 aromatic carbocycles. The second-order valence-electron chi connectivity index (χ2n) is 11.6. The maximum atomic E-state index is 13.9. The van der Waals surface area contributed by atoms with Crippen molar-refractivity contribution in [2.45, 2.75) is 77.0 Å². The third-order valence-electron chi connectivity index (χ3n) is 7.57. The van der Waals surface area contributed by atoms with Gasteiger partial charge in [0, 0.05) is 15.6 Å². The van der Waals surface area contributed by atoms with Crippen LogP contribution >= 0.6 is 23.2 Å². The van der Waals surface area contributed by atoms with Gasteiger partial charge in [-0.2, -0.15) is 0 Å². The Morgan fingerprint density at radius 3 is 1.93 bits per heavy atom. The lowest BCUT2D eigenvalue weighted by atomic mass is 10.0. The molecule has 2 saturated carbocycles. The van der Waals surface area contributed by atoms with E-state index in [-0.39, 0.29) is 17.6 Å². The van der Waals surface area contributed by atoms with Crippen LogP contribution in [-0.2, 0) is 12.8 Å². The predicted octanol–water partition coefficient (Wildman–Crippen LogP) is 11.9. The molecule has 0 heterocycles. The molecule has 2 aliphatic carbocycles. The highest BCUT2D eigenvalue weighted by molar-refractivity contribution is 6.31. The molecule has 6 rings (SSSR count). The SMILES string of the molecule is CC(C)Cc1ccc(C2CC2)cc1.CCCc1ccc(C2CC2c2c(F)cccc2Cl)cc1.Fc1cccc(Cl)c1. The molecule has 4 aromatic rings. The molecule has 2 fully saturated rings. The summed E-state index contributed by atoms with van der Waals surface area (Å²) in [7, 11) is 0. The summed E-state index contributed by atoms with van der Waals surface area (Å²) < 4.78 is 26.0. The van der Waals surface area contributed by atoms with Gasteiger partial charge < -0.3 is 0 Å². The third kappa shape index (κ3) is 9.69. The zero-order valence-electron chi connectivity index (χ0n) is 24.2. The van der Waals surface area contributed by atoms with Crippen molar-refractivity contribution in [1.29, 1.82) is 0 Å². The van der Waals surface area contributed by atoms with Crippen molar-refractivity contribution in [2.75, 3.05) is 0 Å². The predicted molar refractivity (Wildman–Crippen MR) is 170 cm³/mol. The summed E-state index contributed by atoms with van der Waals surface area (Å²) in [6.07, 6.45) is 7.30. The summed E-state index contributed by atoms with van der Waals surface area (Å²) in [4.78, 5) is 0. The van der Waals surface area contributed by atoms with Gasteiger partial charge in [0.15, 0.2) is 0 Å². The van der Waals surface area contributed by atoms with Crippen molar-refractivity contribution in [2.24, 2.45) is 5.92 Å². The molecule has 0 aliphatic heterocycles. The van der Waals surface area contributed by atoms with Crippen molar-refractivity contribution in [3.05, 3.63) is 140 Å². The zero-order chi connectivity index (χ0) is 29.4. The highest BCUT2D eigenvalue weighted by atomic mass is 35.5. The van der Waals surface area contributed by atoms with Crippen molar-refractivity contribution < 1.29 is 8.78 Å². The molecule has 41 heavy (non-hydrogen) atoms. The molecule has 0 nitrogen and oxygen atoms in total. The summed E-state index contributed by atoms with van der Waals surface area (Å²) in [5, 5.41) is 0.991. The van der Waals surface area contributed by atoms with Crippen LogP contribution < -0.4 is 0 Å². The van der Waals surface area contributed by atoms with Crippen LogP contribution in [0, 0.1) is 17.6 Å². The number of hydrogen-bond donors (Lipinski definition) is 0. The van der Waals surface area contributed by atoms with Gasteiger partial charge in [0.25, 0.3) is 0 Å². The largest absolute Gasteiger partial charge is 0.207 e. The average molecular weight is 594 g/mol. The first-order valence-electron chi connectivity index (χ1n) is 14.8. The lowest BCUT2D eigenvalue weighted by molar-refractivity contribution is 0.609. The van der Waals surface area contributed by atoms with Crippen molar-refractivity contribution >= 4 is 23.2 Å². The fourth-order valence-electron chi connectivity index (χ4n) is 5.24. The van der Waals surface area contributed by atoms with Crippen LogP contribution in [0.4, 0.5) is 8.78 Å². The highest BCUT2D eigenvalue weighted by Gasteiger charge is 2.42. The Hall–Kier alpha value is -2.68. The van der Waals surface area contributed by atoms with E-state index in [1.165, 1.54) is 54.2 Å². The molecule has 0 aromatic heterocycles. The standard InChI is InChI=1S/C18H18ClF.C13H18.C6H4ClF/c1-2-4-12-7-9-13(10-8-12)14-11-15(14)18-16(19)5-3-6-17(18)20;1-10(2)9-11-3-5-12(6-4-11)13-7-8-13;7-5-2-1-3-6(8)4-5/h3,5-10,14-15H,2,4,11H2,1H3;3-6,10,13H,7-9H2,1-2H3;1-4H. The van der Waals surface area contributed by atoms with Crippen LogP contribution in [0.5, 0.6) is 0 Å². The van der Waals surface area contributed by atoms with Crippen molar-refractivity contribution in [3.63, 3.8) is 0 Å². The van der Waals surface area contributed by atoms with Gasteiger partial charge in [-0.15, -0.1) is 0 Å². The van der Waals surface area contributed by atoms with Gasteiger partial charge in [0.1, 0.15) is 11.6 Å². The molecule has 0 saturated heterocycles. The average Bonchev–Trinajstić information content (AvgIpc) is 3.86. The van der Waals surface area contributed by atoms with E-state index in [9.17, 15) is 8.78 Å². The monoisotopic (exact) mass is 592 g/mol.